The molecule has 0 amide bonds. The van der Waals surface area contributed by atoms with Crippen LogP contribution in [0.3, 0.4) is 0 Å². The molecule has 3 unspecified atom stereocenters. The second kappa shape index (κ2) is 8.28. The number of Topliss-reactive ketones (excluding diaryl/α,β-unsaturated/α-hetero) is 1. The monoisotopic (exact) mass is 384 g/mol. The molecule has 0 aliphatic heterocycles. The fraction of sp³-hybridized carbons (Fsp3) is 0.720. The molecule has 0 aromatic heterocycles. The number of hydrogen-bond acceptors (Lipinski definition) is 3. The minimum absolute atomic E-state index is 0.117. The van der Waals surface area contributed by atoms with E-state index in [-0.39, 0.29) is 17.6 Å². The maximum absolute atomic E-state index is 12.9. The van der Waals surface area contributed by atoms with Crippen molar-refractivity contribution >= 4 is 5.78 Å². The van der Waals surface area contributed by atoms with Gasteiger partial charge in [0.1, 0.15) is 5.78 Å². The molecule has 1 aromatic carbocycles. The highest BCUT2D eigenvalue weighted by Crippen LogP contribution is 2.43. The average molecular weight is 385 g/mol. The van der Waals surface area contributed by atoms with Gasteiger partial charge in [0.25, 0.3) is 0 Å². The highest BCUT2D eigenvalue weighted by Gasteiger charge is 2.44. The summed E-state index contributed by atoms with van der Waals surface area (Å²) in [6.45, 7) is 7.20. The Morgan fingerprint density at radius 1 is 0.964 bits per heavy atom. The van der Waals surface area contributed by atoms with Gasteiger partial charge in [0.15, 0.2) is 0 Å². The van der Waals surface area contributed by atoms with Crippen molar-refractivity contribution in [1.82, 2.24) is 0 Å². The summed E-state index contributed by atoms with van der Waals surface area (Å²) in [7, 11) is 0. The van der Waals surface area contributed by atoms with E-state index < -0.39 is 6.10 Å². The van der Waals surface area contributed by atoms with Crippen LogP contribution in [0.15, 0.2) is 12.1 Å². The van der Waals surface area contributed by atoms with E-state index in [0.717, 1.165) is 48.5 Å². The van der Waals surface area contributed by atoms with Crippen molar-refractivity contribution in [1.29, 1.82) is 0 Å². The van der Waals surface area contributed by atoms with Gasteiger partial charge in [-0.3, -0.25) is 4.79 Å². The lowest BCUT2D eigenvalue weighted by atomic mass is 9.79. The molecule has 3 heteroatoms. The summed E-state index contributed by atoms with van der Waals surface area (Å²) in [5.74, 6) is 1.49. The largest absolute Gasteiger partial charge is 0.392 e. The number of ketones is 1. The zero-order valence-corrected chi connectivity index (χ0v) is 17.7. The minimum atomic E-state index is -0.531. The second-order valence-corrected chi connectivity index (χ2v) is 9.87. The summed E-state index contributed by atoms with van der Waals surface area (Å²) in [6, 6.07) is 4.27. The third-order valence-electron chi connectivity index (χ3n) is 7.38. The van der Waals surface area contributed by atoms with Crippen molar-refractivity contribution in [2.75, 3.05) is 6.61 Å². The van der Waals surface area contributed by atoms with Crippen molar-refractivity contribution in [3.63, 3.8) is 0 Å². The molecule has 0 heterocycles. The number of benzene rings is 1. The third kappa shape index (κ3) is 4.36. The fourth-order valence-corrected chi connectivity index (χ4v) is 5.72. The topological polar surface area (TPSA) is 46.5 Å². The predicted octanol–water partition coefficient (Wildman–Crippen LogP) is 5.02. The van der Waals surface area contributed by atoms with E-state index in [9.17, 15) is 9.90 Å². The molecule has 3 aliphatic rings. The number of rotatable bonds is 6. The molecule has 4 rings (SSSR count). The Balaban J connectivity index is 1.35. The van der Waals surface area contributed by atoms with Crippen LogP contribution in [0.5, 0.6) is 0 Å². The number of aryl methyl sites for hydroxylation is 3. The number of carbonyl (C=O) groups is 1. The van der Waals surface area contributed by atoms with Crippen LogP contribution in [0.4, 0.5) is 0 Å². The van der Waals surface area contributed by atoms with Crippen molar-refractivity contribution in [2.45, 2.75) is 90.3 Å². The molecule has 0 radical (unpaired) electrons. The minimum Gasteiger partial charge on any atom is -0.392 e. The summed E-state index contributed by atoms with van der Waals surface area (Å²) in [6.07, 6.45) is 8.80. The zero-order chi connectivity index (χ0) is 19.8. The Bertz CT molecular complexity index is 689. The smallest absolute Gasteiger partial charge is 0.143 e. The van der Waals surface area contributed by atoms with Gasteiger partial charge in [0, 0.05) is 13.0 Å². The summed E-state index contributed by atoms with van der Waals surface area (Å²) in [5, 5.41) is 11.1. The zero-order valence-electron chi connectivity index (χ0n) is 17.7. The van der Waals surface area contributed by atoms with Gasteiger partial charge in [0.2, 0.25) is 0 Å². The van der Waals surface area contributed by atoms with Crippen LogP contribution >= 0.6 is 0 Å². The van der Waals surface area contributed by atoms with Crippen LogP contribution in [0.2, 0.25) is 0 Å². The summed E-state index contributed by atoms with van der Waals surface area (Å²) < 4.78 is 6.07. The lowest BCUT2D eigenvalue weighted by molar-refractivity contribution is -0.119. The molecular weight excluding hydrogens is 348 g/mol. The molecular formula is C25H36O3. The SMILES string of the molecule is Cc1cc(C)c(C2C(=O)CC(CC3CCC(OCC4CC4)CC3)C2O)c(C)c1. The number of hydrogen-bond donors (Lipinski definition) is 1. The van der Waals surface area contributed by atoms with Crippen molar-refractivity contribution < 1.29 is 14.6 Å². The molecule has 0 bridgehead atoms. The highest BCUT2D eigenvalue weighted by molar-refractivity contribution is 5.89. The van der Waals surface area contributed by atoms with E-state index in [1.807, 2.05) is 0 Å². The van der Waals surface area contributed by atoms with Gasteiger partial charge in [-0.1, -0.05) is 17.7 Å². The standard InChI is InChI=1S/C25H36O3/c1-15-10-16(2)23(17(3)11-15)24-22(26)13-20(25(24)27)12-18-6-8-21(9-7-18)28-14-19-4-5-19/h10-11,18-21,24-25,27H,4-9,12-14H2,1-3H3. The van der Waals surface area contributed by atoms with Crippen LogP contribution in [0.1, 0.15) is 79.5 Å². The normalized spacial score (nSPS) is 33.4. The van der Waals surface area contributed by atoms with E-state index in [1.54, 1.807) is 0 Å². The lowest BCUT2D eigenvalue weighted by Crippen LogP contribution is -2.27. The van der Waals surface area contributed by atoms with Crippen LogP contribution in [-0.4, -0.2) is 29.7 Å². The number of carbonyl (C=O) groups excluding carboxylic acids is 1. The maximum atomic E-state index is 12.9. The molecule has 0 spiro atoms. The van der Waals surface area contributed by atoms with Crippen molar-refractivity contribution in [3.8, 4) is 0 Å². The third-order valence-corrected chi connectivity index (χ3v) is 7.38. The molecule has 154 valence electrons. The molecule has 1 aromatic rings. The number of ether oxygens (including phenoxy) is 1. The molecule has 1 N–H and O–H groups in total. The summed E-state index contributed by atoms with van der Waals surface area (Å²) in [5.41, 5.74) is 4.58. The van der Waals surface area contributed by atoms with Crippen LogP contribution in [0, 0.1) is 38.5 Å². The van der Waals surface area contributed by atoms with Crippen molar-refractivity contribution in [3.05, 3.63) is 34.4 Å². The Morgan fingerprint density at radius 2 is 1.57 bits per heavy atom. The molecule has 3 saturated carbocycles. The van der Waals surface area contributed by atoms with Gasteiger partial charge in [0.05, 0.1) is 18.1 Å². The first-order chi connectivity index (χ1) is 13.4. The number of aliphatic hydroxyl groups excluding tert-OH is 1. The van der Waals surface area contributed by atoms with Crippen LogP contribution in [-0.2, 0) is 9.53 Å². The second-order valence-electron chi connectivity index (χ2n) is 9.87. The highest BCUT2D eigenvalue weighted by atomic mass is 16.5. The lowest BCUT2D eigenvalue weighted by Gasteiger charge is -2.31. The van der Waals surface area contributed by atoms with Crippen LogP contribution in [0.25, 0.3) is 0 Å². The quantitative estimate of drug-likeness (QED) is 0.749. The first-order valence-electron chi connectivity index (χ1n) is 11.3. The summed E-state index contributed by atoms with van der Waals surface area (Å²) in [4.78, 5) is 12.9. The predicted molar refractivity (Wildman–Crippen MR) is 112 cm³/mol. The van der Waals surface area contributed by atoms with E-state index in [1.165, 1.54) is 31.2 Å². The van der Waals surface area contributed by atoms with E-state index >= 15 is 0 Å². The maximum Gasteiger partial charge on any atom is 0.143 e. The molecule has 28 heavy (non-hydrogen) atoms. The van der Waals surface area contributed by atoms with E-state index in [2.05, 4.69) is 32.9 Å². The van der Waals surface area contributed by atoms with Gasteiger partial charge in [-0.25, -0.2) is 0 Å². The van der Waals surface area contributed by atoms with Gasteiger partial charge >= 0.3 is 0 Å². The first-order valence-corrected chi connectivity index (χ1v) is 11.3. The average Bonchev–Trinajstić information content (AvgIpc) is 3.43. The van der Waals surface area contributed by atoms with E-state index in [4.69, 9.17) is 4.74 Å². The molecule has 3 aliphatic carbocycles. The first kappa shape index (κ1) is 20.1. The van der Waals surface area contributed by atoms with Gasteiger partial charge < -0.3 is 9.84 Å². The molecule has 3 nitrogen and oxygen atoms in total. The number of aliphatic hydroxyl groups is 1. The van der Waals surface area contributed by atoms with Crippen molar-refractivity contribution in [2.24, 2.45) is 17.8 Å². The Hall–Kier alpha value is -1.19. The van der Waals surface area contributed by atoms with Gasteiger partial charge in [-0.05, 0) is 100 Å². The Labute approximate surface area is 169 Å². The van der Waals surface area contributed by atoms with Gasteiger partial charge in [-0.2, -0.15) is 0 Å². The van der Waals surface area contributed by atoms with E-state index in [0.29, 0.717) is 18.4 Å². The van der Waals surface area contributed by atoms with Gasteiger partial charge in [-0.15, -0.1) is 0 Å². The fourth-order valence-electron chi connectivity index (χ4n) is 5.72. The Kier molecular flexibility index (Phi) is 5.94. The molecule has 0 saturated heterocycles. The molecule has 3 atom stereocenters. The summed E-state index contributed by atoms with van der Waals surface area (Å²) >= 11 is 0. The molecule has 3 fully saturated rings. The van der Waals surface area contributed by atoms with Crippen LogP contribution < -0.4 is 0 Å². The Morgan fingerprint density at radius 3 is 2.18 bits per heavy atom.